The predicted molar refractivity (Wildman–Crippen MR) is 70.6 cm³/mol. The summed E-state index contributed by atoms with van der Waals surface area (Å²) in [5, 5.41) is 0. The third kappa shape index (κ3) is 3.40. The van der Waals surface area contributed by atoms with Crippen LogP contribution >= 0.6 is 0 Å². The fourth-order valence-electron chi connectivity index (χ4n) is 1.92. The normalized spacial score (nSPS) is 10.8. The zero-order chi connectivity index (χ0) is 12.1. The summed E-state index contributed by atoms with van der Waals surface area (Å²) in [5.41, 5.74) is 3.95. The molecule has 0 amide bonds. The van der Waals surface area contributed by atoms with Gasteiger partial charge in [0.2, 0.25) is 0 Å². The quantitative estimate of drug-likeness (QED) is 0.796. The minimum absolute atomic E-state index is 0.962. The Morgan fingerprint density at radius 3 is 2.53 bits per heavy atom. The lowest BCUT2D eigenvalue weighted by molar-refractivity contribution is 0.318. The predicted octanol–water partition coefficient (Wildman–Crippen LogP) is 3.02. The van der Waals surface area contributed by atoms with Crippen molar-refractivity contribution in [2.45, 2.75) is 20.0 Å². The lowest BCUT2D eigenvalue weighted by Gasteiger charge is -2.17. The van der Waals surface area contributed by atoms with Crippen molar-refractivity contribution in [3.8, 4) is 0 Å². The van der Waals surface area contributed by atoms with E-state index in [9.17, 15) is 0 Å². The fourth-order valence-corrected chi connectivity index (χ4v) is 1.92. The Morgan fingerprint density at radius 2 is 1.82 bits per heavy atom. The molecule has 1 aromatic carbocycles. The molecule has 88 valence electrons. The summed E-state index contributed by atoms with van der Waals surface area (Å²) in [7, 11) is 2.15. The van der Waals surface area contributed by atoms with Crippen LogP contribution < -0.4 is 0 Å². The maximum absolute atomic E-state index is 4.12. The van der Waals surface area contributed by atoms with Crippen LogP contribution in [0.1, 0.15) is 16.7 Å². The first-order valence-corrected chi connectivity index (χ1v) is 5.87. The maximum Gasteiger partial charge on any atom is 0.0300 e. The molecule has 0 saturated carbocycles. The molecule has 17 heavy (non-hydrogen) atoms. The van der Waals surface area contributed by atoms with E-state index in [-0.39, 0.29) is 0 Å². The van der Waals surface area contributed by atoms with Crippen LogP contribution in [-0.4, -0.2) is 16.9 Å². The smallest absolute Gasteiger partial charge is 0.0300 e. The number of benzene rings is 1. The van der Waals surface area contributed by atoms with Gasteiger partial charge in [-0.15, -0.1) is 0 Å². The summed E-state index contributed by atoms with van der Waals surface area (Å²) in [6, 6.07) is 12.6. The molecular formula is C15H18N2. The number of hydrogen-bond acceptors (Lipinski definition) is 2. The van der Waals surface area contributed by atoms with Crippen LogP contribution in [0.2, 0.25) is 0 Å². The SMILES string of the molecule is Cc1cnccc1CN(C)Cc1ccccc1. The molecule has 0 N–H and O–H groups in total. The van der Waals surface area contributed by atoms with Gasteiger partial charge in [0, 0.05) is 25.5 Å². The zero-order valence-electron chi connectivity index (χ0n) is 10.4. The Hall–Kier alpha value is -1.67. The average Bonchev–Trinajstić information content (AvgIpc) is 2.33. The Kier molecular flexibility index (Phi) is 3.89. The Bertz CT molecular complexity index is 465. The molecule has 0 aliphatic rings. The van der Waals surface area contributed by atoms with Crippen LogP contribution in [0.5, 0.6) is 0 Å². The van der Waals surface area contributed by atoms with Crippen molar-refractivity contribution in [2.75, 3.05) is 7.05 Å². The van der Waals surface area contributed by atoms with Crippen molar-refractivity contribution >= 4 is 0 Å². The highest BCUT2D eigenvalue weighted by Gasteiger charge is 2.03. The molecule has 2 heteroatoms. The summed E-state index contributed by atoms with van der Waals surface area (Å²) in [6.45, 7) is 4.05. The highest BCUT2D eigenvalue weighted by molar-refractivity contribution is 5.21. The van der Waals surface area contributed by atoms with E-state index in [2.05, 4.69) is 60.3 Å². The van der Waals surface area contributed by atoms with Crippen LogP contribution in [0.15, 0.2) is 48.8 Å². The van der Waals surface area contributed by atoms with Gasteiger partial charge in [-0.25, -0.2) is 0 Å². The molecule has 2 aromatic rings. The second kappa shape index (κ2) is 5.60. The molecule has 2 nitrogen and oxygen atoms in total. The first-order valence-electron chi connectivity index (χ1n) is 5.87. The summed E-state index contributed by atoms with van der Waals surface area (Å²) in [4.78, 5) is 6.43. The number of rotatable bonds is 4. The lowest BCUT2D eigenvalue weighted by atomic mass is 10.1. The number of hydrogen-bond donors (Lipinski definition) is 0. The van der Waals surface area contributed by atoms with Gasteiger partial charge in [0.25, 0.3) is 0 Å². The zero-order valence-corrected chi connectivity index (χ0v) is 10.4. The minimum Gasteiger partial charge on any atom is -0.298 e. The Labute approximate surface area is 103 Å². The molecule has 1 heterocycles. The molecule has 0 fully saturated rings. The highest BCUT2D eigenvalue weighted by Crippen LogP contribution is 2.10. The summed E-state index contributed by atoms with van der Waals surface area (Å²) in [6.07, 6.45) is 3.78. The molecule has 0 radical (unpaired) electrons. The molecule has 2 rings (SSSR count). The average molecular weight is 226 g/mol. The number of aryl methyl sites for hydroxylation is 1. The van der Waals surface area contributed by atoms with E-state index in [0.29, 0.717) is 0 Å². The molecule has 0 bridgehead atoms. The van der Waals surface area contributed by atoms with Crippen LogP contribution in [0.25, 0.3) is 0 Å². The van der Waals surface area contributed by atoms with Gasteiger partial charge in [0.15, 0.2) is 0 Å². The summed E-state index contributed by atoms with van der Waals surface area (Å²) >= 11 is 0. The van der Waals surface area contributed by atoms with E-state index in [4.69, 9.17) is 0 Å². The van der Waals surface area contributed by atoms with Crippen molar-refractivity contribution in [2.24, 2.45) is 0 Å². The van der Waals surface area contributed by atoms with Crippen LogP contribution in [0.3, 0.4) is 0 Å². The van der Waals surface area contributed by atoms with Crippen LogP contribution in [0.4, 0.5) is 0 Å². The van der Waals surface area contributed by atoms with Crippen molar-refractivity contribution in [1.82, 2.24) is 9.88 Å². The van der Waals surface area contributed by atoms with Crippen molar-refractivity contribution in [1.29, 1.82) is 0 Å². The van der Waals surface area contributed by atoms with Gasteiger partial charge in [-0.3, -0.25) is 9.88 Å². The maximum atomic E-state index is 4.12. The summed E-state index contributed by atoms with van der Waals surface area (Å²) in [5.74, 6) is 0. The Balaban J connectivity index is 1.98. The Morgan fingerprint density at radius 1 is 1.06 bits per heavy atom. The van der Waals surface area contributed by atoms with Crippen LogP contribution in [-0.2, 0) is 13.1 Å². The van der Waals surface area contributed by atoms with Gasteiger partial charge in [-0.1, -0.05) is 30.3 Å². The van der Waals surface area contributed by atoms with E-state index < -0.39 is 0 Å². The van der Waals surface area contributed by atoms with E-state index in [1.807, 2.05) is 12.4 Å². The molecule has 0 atom stereocenters. The molecule has 0 aliphatic heterocycles. The standard InChI is InChI=1S/C15H18N2/c1-13-10-16-9-8-15(13)12-17(2)11-14-6-4-3-5-7-14/h3-10H,11-12H2,1-2H3. The van der Waals surface area contributed by atoms with Gasteiger partial charge in [0.1, 0.15) is 0 Å². The van der Waals surface area contributed by atoms with Gasteiger partial charge in [-0.2, -0.15) is 0 Å². The highest BCUT2D eigenvalue weighted by atomic mass is 15.1. The second-order valence-electron chi connectivity index (χ2n) is 4.46. The van der Waals surface area contributed by atoms with E-state index in [1.165, 1.54) is 16.7 Å². The monoisotopic (exact) mass is 226 g/mol. The first-order chi connectivity index (χ1) is 8.25. The van der Waals surface area contributed by atoms with Gasteiger partial charge >= 0.3 is 0 Å². The third-order valence-electron chi connectivity index (χ3n) is 2.87. The molecule has 0 saturated heterocycles. The molecule has 0 unspecified atom stereocenters. The van der Waals surface area contributed by atoms with Gasteiger partial charge in [-0.05, 0) is 36.7 Å². The number of pyridine rings is 1. The van der Waals surface area contributed by atoms with E-state index >= 15 is 0 Å². The van der Waals surface area contributed by atoms with Gasteiger partial charge < -0.3 is 0 Å². The lowest BCUT2D eigenvalue weighted by Crippen LogP contribution is -2.17. The minimum atomic E-state index is 0.962. The van der Waals surface area contributed by atoms with E-state index in [0.717, 1.165) is 13.1 Å². The first kappa shape index (κ1) is 11.8. The third-order valence-corrected chi connectivity index (χ3v) is 2.87. The molecule has 0 spiro atoms. The molecular weight excluding hydrogens is 208 g/mol. The fraction of sp³-hybridized carbons (Fsp3) is 0.267. The number of nitrogens with zero attached hydrogens (tertiary/aromatic N) is 2. The summed E-state index contributed by atoms with van der Waals surface area (Å²) < 4.78 is 0. The van der Waals surface area contributed by atoms with Crippen LogP contribution in [0, 0.1) is 6.92 Å². The van der Waals surface area contributed by atoms with Crippen molar-refractivity contribution in [3.05, 3.63) is 65.5 Å². The topological polar surface area (TPSA) is 16.1 Å². The van der Waals surface area contributed by atoms with Gasteiger partial charge in [0.05, 0.1) is 0 Å². The molecule has 0 aliphatic carbocycles. The number of aromatic nitrogens is 1. The molecule has 1 aromatic heterocycles. The largest absolute Gasteiger partial charge is 0.298 e. The van der Waals surface area contributed by atoms with Crippen molar-refractivity contribution < 1.29 is 0 Å². The van der Waals surface area contributed by atoms with Crippen molar-refractivity contribution in [3.63, 3.8) is 0 Å². The van der Waals surface area contributed by atoms with E-state index in [1.54, 1.807) is 0 Å². The second-order valence-corrected chi connectivity index (χ2v) is 4.46.